The average Bonchev–Trinajstić information content (AvgIpc) is 2.66. The number of nitrogens with two attached hydrogens (primary N) is 1. The summed E-state index contributed by atoms with van der Waals surface area (Å²) in [4.78, 5) is 21.1. The second-order valence-electron chi connectivity index (χ2n) is 4.03. The molecule has 3 N–H and O–H groups in total. The van der Waals surface area contributed by atoms with Crippen molar-refractivity contribution in [2.75, 3.05) is 5.73 Å². The molecule has 0 saturated carbocycles. The lowest BCUT2D eigenvalue weighted by atomic mass is 10.1. The molecule has 0 aliphatic carbocycles. The van der Waals surface area contributed by atoms with Crippen molar-refractivity contribution < 1.29 is 19.2 Å². The molecule has 1 heterocycles. The van der Waals surface area contributed by atoms with Crippen molar-refractivity contribution in [3.05, 3.63) is 44.6 Å². The molecule has 0 amide bonds. The number of thiophene rings is 1. The lowest BCUT2D eigenvalue weighted by molar-refractivity contribution is -0.385. The molecule has 6 nitrogen and oxygen atoms in total. The van der Waals surface area contributed by atoms with Crippen molar-refractivity contribution in [1.82, 2.24) is 0 Å². The van der Waals surface area contributed by atoms with Gasteiger partial charge in [-0.2, -0.15) is 0 Å². The minimum Gasteiger partial charge on any atom is -0.477 e. The van der Waals surface area contributed by atoms with E-state index in [4.69, 9.17) is 10.8 Å². The van der Waals surface area contributed by atoms with E-state index in [0.29, 0.717) is 10.4 Å². The van der Waals surface area contributed by atoms with Crippen LogP contribution in [-0.2, 0) is 0 Å². The molecule has 0 unspecified atom stereocenters. The van der Waals surface area contributed by atoms with Crippen LogP contribution in [0.1, 0.15) is 15.2 Å². The molecule has 0 saturated heterocycles. The quantitative estimate of drug-likeness (QED) is 0.668. The molecule has 0 spiro atoms. The third kappa shape index (κ3) is 2.21. The summed E-state index contributed by atoms with van der Waals surface area (Å²) in [6.45, 7) is 1.58. The highest BCUT2D eigenvalue weighted by atomic mass is 32.1. The molecule has 0 bridgehead atoms. The number of nitrogens with zero attached hydrogens (tertiary/aromatic N) is 1. The number of benzene rings is 1. The van der Waals surface area contributed by atoms with Crippen molar-refractivity contribution in [1.29, 1.82) is 0 Å². The maximum absolute atomic E-state index is 13.9. The normalized spacial score (nSPS) is 10.5. The fraction of sp³-hybridized carbons (Fsp3) is 0.0833. The van der Waals surface area contributed by atoms with Gasteiger partial charge in [-0.25, -0.2) is 9.18 Å². The van der Waals surface area contributed by atoms with Crippen molar-refractivity contribution in [2.45, 2.75) is 6.92 Å². The van der Waals surface area contributed by atoms with Gasteiger partial charge in [0.15, 0.2) is 0 Å². The van der Waals surface area contributed by atoms with E-state index in [2.05, 4.69) is 0 Å². The van der Waals surface area contributed by atoms with E-state index in [1.807, 2.05) is 0 Å². The van der Waals surface area contributed by atoms with Crippen LogP contribution in [0.25, 0.3) is 10.4 Å². The van der Waals surface area contributed by atoms with Crippen molar-refractivity contribution in [2.24, 2.45) is 0 Å². The summed E-state index contributed by atoms with van der Waals surface area (Å²) in [6.07, 6.45) is 0. The molecule has 0 aliphatic heterocycles. The van der Waals surface area contributed by atoms with Crippen LogP contribution >= 0.6 is 11.3 Å². The molecule has 0 fully saturated rings. The van der Waals surface area contributed by atoms with Crippen LogP contribution in [0.5, 0.6) is 0 Å². The van der Waals surface area contributed by atoms with Gasteiger partial charge in [-0.1, -0.05) is 0 Å². The largest absolute Gasteiger partial charge is 0.477 e. The number of carboxylic acid groups (broad SMARTS) is 1. The number of non-ortho nitro benzene ring substituents is 1. The molecule has 1 aromatic heterocycles. The Kier molecular flexibility index (Phi) is 3.41. The number of nitro benzene ring substituents is 1. The smallest absolute Gasteiger partial charge is 0.348 e. The number of carbonyl (C=O) groups is 1. The first kappa shape index (κ1) is 13.9. The Balaban J connectivity index is 2.60. The minimum atomic E-state index is -1.19. The van der Waals surface area contributed by atoms with E-state index in [1.165, 1.54) is 6.07 Å². The third-order valence-electron chi connectivity index (χ3n) is 2.80. The zero-order valence-corrected chi connectivity index (χ0v) is 11.0. The molecule has 0 radical (unpaired) electrons. The van der Waals surface area contributed by atoms with E-state index in [1.54, 1.807) is 6.92 Å². The summed E-state index contributed by atoms with van der Waals surface area (Å²) < 4.78 is 13.9. The number of aromatic carboxylic acids is 1. The first-order valence-corrected chi connectivity index (χ1v) is 6.21. The number of carboxylic acids is 1. The number of rotatable bonds is 3. The lowest BCUT2D eigenvalue weighted by Crippen LogP contribution is -1.97. The maximum Gasteiger partial charge on any atom is 0.348 e. The summed E-state index contributed by atoms with van der Waals surface area (Å²) in [6, 6.07) is 3.21. The lowest BCUT2D eigenvalue weighted by Gasteiger charge is -2.02. The molecule has 8 heteroatoms. The molecule has 2 aromatic rings. The van der Waals surface area contributed by atoms with Gasteiger partial charge in [0.25, 0.3) is 5.69 Å². The van der Waals surface area contributed by atoms with Crippen LogP contribution in [0.3, 0.4) is 0 Å². The molecule has 20 heavy (non-hydrogen) atoms. The van der Waals surface area contributed by atoms with Crippen LogP contribution in [0.2, 0.25) is 0 Å². The third-order valence-corrected chi connectivity index (χ3v) is 4.12. The Morgan fingerprint density at radius 2 is 2.15 bits per heavy atom. The van der Waals surface area contributed by atoms with Crippen LogP contribution in [0.15, 0.2) is 18.2 Å². The fourth-order valence-electron chi connectivity index (χ4n) is 1.74. The van der Waals surface area contributed by atoms with Gasteiger partial charge in [0.1, 0.15) is 10.7 Å². The first-order chi connectivity index (χ1) is 9.32. The van der Waals surface area contributed by atoms with Crippen LogP contribution in [-0.4, -0.2) is 16.0 Å². The summed E-state index contributed by atoms with van der Waals surface area (Å²) in [5, 5.41) is 19.5. The molecule has 104 valence electrons. The average molecular weight is 296 g/mol. The van der Waals surface area contributed by atoms with Gasteiger partial charge < -0.3 is 10.8 Å². The Morgan fingerprint density at radius 1 is 1.50 bits per heavy atom. The Labute approximate surface area is 116 Å². The van der Waals surface area contributed by atoms with Gasteiger partial charge in [-0.3, -0.25) is 10.1 Å². The van der Waals surface area contributed by atoms with Crippen LogP contribution in [0, 0.1) is 22.9 Å². The van der Waals surface area contributed by atoms with Crippen LogP contribution < -0.4 is 5.73 Å². The second-order valence-corrected chi connectivity index (χ2v) is 5.05. The zero-order valence-electron chi connectivity index (χ0n) is 10.2. The highest BCUT2D eigenvalue weighted by Crippen LogP contribution is 2.39. The Bertz CT molecular complexity index is 726. The van der Waals surface area contributed by atoms with Gasteiger partial charge in [0.05, 0.1) is 16.7 Å². The topological polar surface area (TPSA) is 106 Å². The fourth-order valence-corrected chi connectivity index (χ4v) is 2.84. The predicted octanol–water partition coefficient (Wildman–Crippen LogP) is 3.05. The number of halogens is 1. The van der Waals surface area contributed by atoms with Gasteiger partial charge in [-0.05, 0) is 18.6 Å². The van der Waals surface area contributed by atoms with Crippen molar-refractivity contribution >= 4 is 28.7 Å². The van der Waals surface area contributed by atoms with E-state index < -0.39 is 16.7 Å². The molecule has 0 aliphatic rings. The minimum absolute atomic E-state index is 0.0738. The number of anilines is 1. The SMILES string of the molecule is Cc1c(-c2ccc([N+](=O)[O-])cc2F)sc(C(=O)O)c1N. The van der Waals surface area contributed by atoms with E-state index in [9.17, 15) is 19.3 Å². The standard InChI is InChI=1S/C12H9FN2O4S/c1-5-9(14)11(12(16)17)20-10(5)7-3-2-6(15(18)19)4-8(7)13/h2-4H,14H2,1H3,(H,16,17). The van der Waals surface area contributed by atoms with E-state index in [-0.39, 0.29) is 21.8 Å². The van der Waals surface area contributed by atoms with Crippen LogP contribution in [0.4, 0.5) is 15.8 Å². The maximum atomic E-state index is 13.9. The highest BCUT2D eigenvalue weighted by Gasteiger charge is 2.21. The zero-order chi connectivity index (χ0) is 15.0. The second kappa shape index (κ2) is 4.89. The van der Waals surface area contributed by atoms with E-state index >= 15 is 0 Å². The summed E-state index contributed by atoms with van der Waals surface area (Å²) in [5.74, 6) is -1.98. The summed E-state index contributed by atoms with van der Waals surface area (Å²) in [5.41, 5.74) is 5.92. The number of hydrogen-bond donors (Lipinski definition) is 2. The molecule has 0 atom stereocenters. The Morgan fingerprint density at radius 3 is 2.60 bits per heavy atom. The molecular weight excluding hydrogens is 287 g/mol. The van der Waals surface area contributed by atoms with Crippen molar-refractivity contribution in [3.63, 3.8) is 0 Å². The van der Waals surface area contributed by atoms with Gasteiger partial charge in [0, 0.05) is 16.5 Å². The predicted molar refractivity (Wildman–Crippen MR) is 72.5 cm³/mol. The number of nitro groups is 1. The molecular formula is C12H9FN2O4S. The number of nitrogen functional groups attached to an aromatic ring is 1. The molecule has 2 rings (SSSR count). The highest BCUT2D eigenvalue weighted by molar-refractivity contribution is 7.18. The molecule has 1 aromatic carbocycles. The summed E-state index contributed by atoms with van der Waals surface area (Å²) >= 11 is 0.841. The van der Waals surface area contributed by atoms with Crippen molar-refractivity contribution in [3.8, 4) is 10.4 Å². The Hall–Kier alpha value is -2.48. The monoisotopic (exact) mass is 296 g/mol. The van der Waals surface area contributed by atoms with Gasteiger partial charge in [-0.15, -0.1) is 11.3 Å². The summed E-state index contributed by atoms with van der Waals surface area (Å²) in [7, 11) is 0. The van der Waals surface area contributed by atoms with Gasteiger partial charge >= 0.3 is 5.97 Å². The number of hydrogen-bond acceptors (Lipinski definition) is 5. The van der Waals surface area contributed by atoms with E-state index in [0.717, 1.165) is 23.5 Å². The first-order valence-electron chi connectivity index (χ1n) is 5.39. The van der Waals surface area contributed by atoms with Gasteiger partial charge in [0.2, 0.25) is 0 Å².